The average Bonchev–Trinajstić information content (AvgIpc) is 2.61. The van der Waals surface area contributed by atoms with E-state index in [0.29, 0.717) is 10.7 Å². The monoisotopic (exact) mass is 426 g/mol. The number of aliphatic hydroxyl groups is 1. The molecule has 1 aromatic carbocycles. The molecule has 1 atom stereocenters. The average molecular weight is 427 g/mol. The van der Waals surface area contributed by atoms with Crippen LogP contribution in [-0.2, 0) is 7.05 Å². The van der Waals surface area contributed by atoms with E-state index in [9.17, 15) is 5.11 Å². The third-order valence-corrected chi connectivity index (χ3v) is 4.28. The van der Waals surface area contributed by atoms with E-state index in [-0.39, 0.29) is 0 Å². The number of hydrogen-bond donors (Lipinski definition) is 1. The van der Waals surface area contributed by atoms with Gasteiger partial charge >= 0.3 is 0 Å². The Kier molecular flexibility index (Phi) is 4.12. The molecule has 0 saturated heterocycles. The molecule has 0 aliphatic carbocycles. The van der Waals surface area contributed by atoms with E-state index in [2.05, 4.69) is 43.6 Å². The molecule has 0 amide bonds. The second-order valence-electron chi connectivity index (χ2n) is 3.57. The number of rotatable bonds is 2. The van der Waals surface area contributed by atoms with Crippen molar-refractivity contribution >= 4 is 50.1 Å². The molecule has 2 aromatic rings. The first-order valence-electron chi connectivity index (χ1n) is 4.81. The Hall–Kier alpha value is -0.110. The van der Waals surface area contributed by atoms with E-state index in [1.165, 1.54) is 0 Å². The zero-order valence-electron chi connectivity index (χ0n) is 8.86. The summed E-state index contributed by atoms with van der Waals surface area (Å²) in [6, 6.07) is 5.46. The fourth-order valence-electron chi connectivity index (χ4n) is 1.60. The summed E-state index contributed by atoms with van der Waals surface area (Å²) in [5.41, 5.74) is 1.49. The molecule has 3 nitrogen and oxygen atoms in total. The van der Waals surface area contributed by atoms with Crippen molar-refractivity contribution in [1.82, 2.24) is 9.78 Å². The number of aryl methyl sites for hydroxylation is 1. The SMILES string of the molecule is Cn1ncc(Br)c1C(O)c1cc(Cl)ccc1I. The van der Waals surface area contributed by atoms with Gasteiger partial charge in [0.2, 0.25) is 0 Å². The topological polar surface area (TPSA) is 38.0 Å². The highest BCUT2D eigenvalue weighted by Crippen LogP contribution is 2.31. The summed E-state index contributed by atoms with van der Waals surface area (Å²) in [7, 11) is 1.79. The summed E-state index contributed by atoms with van der Waals surface area (Å²) in [5, 5.41) is 15.1. The molecule has 0 fully saturated rings. The molecule has 1 heterocycles. The zero-order valence-corrected chi connectivity index (χ0v) is 13.4. The molecular weight excluding hydrogens is 418 g/mol. The molecule has 1 aromatic heterocycles. The van der Waals surface area contributed by atoms with Crippen molar-refractivity contribution < 1.29 is 5.11 Å². The lowest BCUT2D eigenvalue weighted by Crippen LogP contribution is -2.08. The quantitative estimate of drug-likeness (QED) is 0.745. The lowest BCUT2D eigenvalue weighted by Gasteiger charge is -2.14. The first-order chi connectivity index (χ1) is 8.00. The van der Waals surface area contributed by atoms with Crippen LogP contribution in [0.3, 0.4) is 0 Å². The van der Waals surface area contributed by atoms with Crippen molar-refractivity contribution in [3.05, 3.63) is 48.7 Å². The fourth-order valence-corrected chi connectivity index (χ4v) is 2.98. The number of nitrogens with zero attached hydrogens (tertiary/aromatic N) is 2. The lowest BCUT2D eigenvalue weighted by molar-refractivity contribution is 0.208. The Labute approximate surface area is 126 Å². The van der Waals surface area contributed by atoms with Gasteiger partial charge in [0.25, 0.3) is 0 Å². The van der Waals surface area contributed by atoms with E-state index in [1.807, 2.05) is 6.07 Å². The fraction of sp³-hybridized carbons (Fsp3) is 0.182. The smallest absolute Gasteiger partial charge is 0.123 e. The molecule has 0 spiro atoms. The highest BCUT2D eigenvalue weighted by Gasteiger charge is 2.20. The summed E-state index contributed by atoms with van der Waals surface area (Å²) in [4.78, 5) is 0. The Morgan fingerprint density at radius 3 is 2.82 bits per heavy atom. The van der Waals surface area contributed by atoms with Gasteiger partial charge in [0, 0.05) is 21.2 Å². The number of halogens is 3. The molecule has 1 unspecified atom stereocenters. The Morgan fingerprint density at radius 2 is 2.24 bits per heavy atom. The molecule has 17 heavy (non-hydrogen) atoms. The third-order valence-electron chi connectivity index (χ3n) is 2.45. The molecule has 0 radical (unpaired) electrons. The van der Waals surface area contributed by atoms with Crippen molar-refractivity contribution in [1.29, 1.82) is 0 Å². The van der Waals surface area contributed by atoms with E-state index < -0.39 is 6.10 Å². The van der Waals surface area contributed by atoms with Gasteiger partial charge in [-0.25, -0.2) is 0 Å². The zero-order chi connectivity index (χ0) is 12.6. The summed E-state index contributed by atoms with van der Waals surface area (Å²) >= 11 is 11.5. The van der Waals surface area contributed by atoms with Crippen molar-refractivity contribution in [2.45, 2.75) is 6.10 Å². The van der Waals surface area contributed by atoms with Gasteiger partial charge in [-0.2, -0.15) is 5.10 Å². The molecule has 0 bridgehead atoms. The van der Waals surface area contributed by atoms with Gasteiger partial charge in [-0.3, -0.25) is 4.68 Å². The van der Waals surface area contributed by atoms with Gasteiger partial charge < -0.3 is 5.11 Å². The normalized spacial score (nSPS) is 12.8. The minimum absolute atomic E-state index is 0.609. The van der Waals surface area contributed by atoms with Gasteiger partial charge in [0.1, 0.15) is 6.10 Å². The molecule has 0 aliphatic heterocycles. The first kappa shape index (κ1) is 13.3. The van der Waals surface area contributed by atoms with Crippen LogP contribution in [0.5, 0.6) is 0 Å². The van der Waals surface area contributed by atoms with Crippen LogP contribution in [0.2, 0.25) is 5.02 Å². The largest absolute Gasteiger partial charge is 0.382 e. The van der Waals surface area contributed by atoms with Gasteiger partial charge in [-0.05, 0) is 56.7 Å². The minimum Gasteiger partial charge on any atom is -0.382 e. The van der Waals surface area contributed by atoms with Crippen molar-refractivity contribution in [3.8, 4) is 0 Å². The summed E-state index contributed by atoms with van der Waals surface area (Å²) in [6.45, 7) is 0. The Bertz CT molecular complexity index is 539. The second kappa shape index (κ2) is 5.26. The third kappa shape index (κ3) is 2.67. The number of benzene rings is 1. The van der Waals surface area contributed by atoms with E-state index in [0.717, 1.165) is 13.6 Å². The predicted molar refractivity (Wildman–Crippen MR) is 79.1 cm³/mol. The van der Waals surface area contributed by atoms with Gasteiger partial charge in [-0.15, -0.1) is 0 Å². The maximum atomic E-state index is 10.4. The van der Waals surface area contributed by atoms with Crippen LogP contribution in [0.1, 0.15) is 17.4 Å². The van der Waals surface area contributed by atoms with E-state index in [1.54, 1.807) is 30.1 Å². The molecule has 2 rings (SSSR count). The molecule has 1 N–H and O–H groups in total. The molecule has 90 valence electrons. The van der Waals surface area contributed by atoms with Crippen LogP contribution in [0.15, 0.2) is 28.9 Å². The van der Waals surface area contributed by atoms with Gasteiger partial charge in [-0.1, -0.05) is 11.6 Å². The van der Waals surface area contributed by atoms with Crippen molar-refractivity contribution in [2.75, 3.05) is 0 Å². The number of aromatic nitrogens is 2. The maximum absolute atomic E-state index is 10.4. The van der Waals surface area contributed by atoms with E-state index >= 15 is 0 Å². The van der Waals surface area contributed by atoms with E-state index in [4.69, 9.17) is 11.6 Å². The van der Waals surface area contributed by atoms with Gasteiger partial charge in [0.15, 0.2) is 0 Å². The number of aliphatic hydroxyl groups excluding tert-OH is 1. The summed E-state index contributed by atoms with van der Waals surface area (Å²) in [6.07, 6.45) is 0.915. The summed E-state index contributed by atoms with van der Waals surface area (Å²) < 4.78 is 3.39. The van der Waals surface area contributed by atoms with Crippen molar-refractivity contribution in [2.24, 2.45) is 7.05 Å². The van der Waals surface area contributed by atoms with Crippen LogP contribution >= 0.6 is 50.1 Å². The Morgan fingerprint density at radius 1 is 1.53 bits per heavy atom. The van der Waals surface area contributed by atoms with Crippen LogP contribution in [0, 0.1) is 3.57 Å². The molecular formula is C11H9BrClIN2O. The standard InChI is InChI=1S/C11H9BrClIN2O/c1-16-10(8(12)5-15-16)11(17)7-4-6(13)2-3-9(7)14/h2-5,11,17H,1H3. The number of hydrogen-bond acceptors (Lipinski definition) is 2. The first-order valence-corrected chi connectivity index (χ1v) is 7.06. The molecule has 6 heteroatoms. The van der Waals surface area contributed by atoms with Crippen LogP contribution < -0.4 is 0 Å². The van der Waals surface area contributed by atoms with Crippen LogP contribution in [0.4, 0.5) is 0 Å². The summed E-state index contributed by atoms with van der Waals surface area (Å²) in [5.74, 6) is 0. The van der Waals surface area contributed by atoms with Crippen LogP contribution in [-0.4, -0.2) is 14.9 Å². The Balaban J connectivity index is 2.50. The highest BCUT2D eigenvalue weighted by atomic mass is 127. The predicted octanol–water partition coefficient (Wildman–Crippen LogP) is 3.52. The maximum Gasteiger partial charge on any atom is 0.123 e. The second-order valence-corrected chi connectivity index (χ2v) is 6.02. The molecule has 0 aliphatic rings. The van der Waals surface area contributed by atoms with Crippen LogP contribution in [0.25, 0.3) is 0 Å². The highest BCUT2D eigenvalue weighted by molar-refractivity contribution is 14.1. The molecule has 0 saturated carbocycles. The minimum atomic E-state index is -0.748. The lowest BCUT2D eigenvalue weighted by atomic mass is 10.1. The van der Waals surface area contributed by atoms with Gasteiger partial charge in [0.05, 0.1) is 16.4 Å². The van der Waals surface area contributed by atoms with Crippen molar-refractivity contribution in [3.63, 3.8) is 0 Å².